The van der Waals surface area contributed by atoms with Gasteiger partial charge in [-0.25, -0.2) is 0 Å². The molecule has 0 aliphatic carbocycles. The van der Waals surface area contributed by atoms with Crippen molar-refractivity contribution >= 4 is 5.97 Å². The molecule has 4 nitrogen and oxygen atoms in total. The van der Waals surface area contributed by atoms with E-state index in [0.29, 0.717) is 0 Å². The summed E-state index contributed by atoms with van der Waals surface area (Å²) in [6.07, 6.45) is -4.66. The van der Waals surface area contributed by atoms with Crippen LogP contribution in [-0.2, 0) is 11.0 Å². The molecule has 0 heterocycles. The highest BCUT2D eigenvalue weighted by Crippen LogP contribution is 2.43. The Morgan fingerprint density at radius 1 is 1.26 bits per heavy atom. The molecule has 0 saturated heterocycles. The predicted molar refractivity (Wildman–Crippen MR) is 60.6 cm³/mol. The van der Waals surface area contributed by atoms with Crippen LogP contribution >= 0.6 is 0 Å². The molecule has 1 rings (SSSR count). The standard InChI is InChI=1S/C12H13F3O4/c1-6(11(16)17)8-4-7(18-2)5-9(10(8)19-3)12(13,14)15/h4-6H,1-3H3,(H,16,17). The van der Waals surface area contributed by atoms with E-state index in [1.54, 1.807) is 0 Å². The van der Waals surface area contributed by atoms with E-state index in [0.717, 1.165) is 13.2 Å². The monoisotopic (exact) mass is 278 g/mol. The van der Waals surface area contributed by atoms with Crippen molar-refractivity contribution in [3.63, 3.8) is 0 Å². The van der Waals surface area contributed by atoms with Crippen LogP contribution < -0.4 is 9.47 Å². The molecule has 1 unspecified atom stereocenters. The Bertz CT molecular complexity index is 483. The number of hydrogen-bond donors (Lipinski definition) is 1. The lowest BCUT2D eigenvalue weighted by atomic mass is 9.96. The number of rotatable bonds is 4. The van der Waals surface area contributed by atoms with E-state index in [2.05, 4.69) is 0 Å². The van der Waals surface area contributed by atoms with Gasteiger partial charge in [-0.3, -0.25) is 4.79 Å². The van der Waals surface area contributed by atoms with E-state index in [1.807, 2.05) is 0 Å². The van der Waals surface area contributed by atoms with Crippen molar-refractivity contribution in [3.8, 4) is 11.5 Å². The molecule has 0 aliphatic rings. The van der Waals surface area contributed by atoms with Crippen LogP contribution in [0.3, 0.4) is 0 Å². The third kappa shape index (κ3) is 3.10. The number of carboxylic acid groups (broad SMARTS) is 1. The van der Waals surface area contributed by atoms with Gasteiger partial charge in [0.15, 0.2) is 0 Å². The highest BCUT2D eigenvalue weighted by molar-refractivity contribution is 5.77. The molecule has 0 fully saturated rings. The molecule has 1 aromatic rings. The van der Waals surface area contributed by atoms with Crippen molar-refractivity contribution in [2.45, 2.75) is 19.0 Å². The lowest BCUT2D eigenvalue weighted by Crippen LogP contribution is -2.14. The van der Waals surface area contributed by atoms with Gasteiger partial charge in [-0.2, -0.15) is 13.2 Å². The number of hydrogen-bond acceptors (Lipinski definition) is 3. The van der Waals surface area contributed by atoms with Gasteiger partial charge in [0.1, 0.15) is 17.1 Å². The van der Waals surface area contributed by atoms with Crippen LogP contribution in [0.5, 0.6) is 11.5 Å². The molecule has 1 N–H and O–H groups in total. The Hall–Kier alpha value is -1.92. The fourth-order valence-corrected chi connectivity index (χ4v) is 1.63. The van der Waals surface area contributed by atoms with Gasteiger partial charge >= 0.3 is 12.1 Å². The van der Waals surface area contributed by atoms with E-state index in [4.69, 9.17) is 14.6 Å². The zero-order valence-electron chi connectivity index (χ0n) is 10.5. The molecular formula is C12H13F3O4. The van der Waals surface area contributed by atoms with Gasteiger partial charge in [-0.1, -0.05) is 0 Å². The van der Waals surface area contributed by atoms with Crippen LogP contribution in [0.2, 0.25) is 0 Å². The first-order valence-electron chi connectivity index (χ1n) is 5.28. The van der Waals surface area contributed by atoms with Gasteiger partial charge < -0.3 is 14.6 Å². The first-order valence-corrected chi connectivity index (χ1v) is 5.28. The van der Waals surface area contributed by atoms with E-state index >= 15 is 0 Å². The highest BCUT2D eigenvalue weighted by atomic mass is 19.4. The molecule has 0 spiro atoms. The minimum absolute atomic E-state index is 0.0729. The lowest BCUT2D eigenvalue weighted by molar-refractivity contribution is -0.140. The molecule has 106 valence electrons. The number of carboxylic acids is 1. The van der Waals surface area contributed by atoms with Crippen LogP contribution in [0.25, 0.3) is 0 Å². The number of alkyl halides is 3. The summed E-state index contributed by atoms with van der Waals surface area (Å²) in [7, 11) is 2.27. The summed E-state index contributed by atoms with van der Waals surface area (Å²) < 4.78 is 48.2. The van der Waals surface area contributed by atoms with Crippen molar-refractivity contribution in [1.82, 2.24) is 0 Å². The first-order chi connectivity index (χ1) is 8.72. The van der Waals surface area contributed by atoms with Gasteiger partial charge in [-0.15, -0.1) is 0 Å². The molecule has 0 bridgehead atoms. The van der Waals surface area contributed by atoms with Crippen molar-refractivity contribution in [1.29, 1.82) is 0 Å². The van der Waals surface area contributed by atoms with Crippen LogP contribution in [0.4, 0.5) is 13.2 Å². The third-order valence-electron chi connectivity index (χ3n) is 2.67. The fraction of sp³-hybridized carbons (Fsp3) is 0.417. The zero-order valence-corrected chi connectivity index (χ0v) is 10.5. The average Bonchev–Trinajstić information content (AvgIpc) is 2.34. The summed E-state index contributed by atoms with van der Waals surface area (Å²) in [6, 6.07) is 2.00. The molecule has 7 heteroatoms. The summed E-state index contributed by atoms with van der Waals surface area (Å²) in [5, 5.41) is 8.94. The highest BCUT2D eigenvalue weighted by Gasteiger charge is 2.37. The van der Waals surface area contributed by atoms with Crippen molar-refractivity contribution in [2.75, 3.05) is 14.2 Å². The SMILES string of the molecule is COc1cc(C(C)C(=O)O)c(OC)c(C(F)(F)F)c1. The fourth-order valence-electron chi connectivity index (χ4n) is 1.63. The van der Waals surface area contributed by atoms with Gasteiger partial charge in [0.2, 0.25) is 0 Å². The molecular weight excluding hydrogens is 265 g/mol. The Balaban J connectivity index is 3.57. The van der Waals surface area contributed by atoms with Crippen LogP contribution in [0.15, 0.2) is 12.1 Å². The van der Waals surface area contributed by atoms with E-state index in [9.17, 15) is 18.0 Å². The number of methoxy groups -OCH3 is 2. The zero-order chi connectivity index (χ0) is 14.8. The maximum atomic E-state index is 12.9. The van der Waals surface area contributed by atoms with Crippen molar-refractivity contribution in [2.24, 2.45) is 0 Å². The summed E-state index contributed by atoms with van der Waals surface area (Å²) in [5.41, 5.74) is -1.14. The molecule has 1 aromatic carbocycles. The van der Waals surface area contributed by atoms with Gasteiger partial charge in [-0.05, 0) is 19.1 Å². The van der Waals surface area contributed by atoms with Crippen molar-refractivity contribution < 1.29 is 32.5 Å². The number of halogens is 3. The number of ether oxygens (including phenoxy) is 2. The summed E-state index contributed by atoms with van der Waals surface area (Å²) in [5.74, 6) is -2.97. The predicted octanol–water partition coefficient (Wildman–Crippen LogP) is 2.91. The van der Waals surface area contributed by atoms with Crippen LogP contribution in [-0.4, -0.2) is 25.3 Å². The Morgan fingerprint density at radius 3 is 2.21 bits per heavy atom. The second-order valence-electron chi connectivity index (χ2n) is 3.86. The average molecular weight is 278 g/mol. The Labute approximate surface area is 107 Å². The van der Waals surface area contributed by atoms with Crippen molar-refractivity contribution in [3.05, 3.63) is 23.3 Å². The van der Waals surface area contributed by atoms with E-state index < -0.39 is 29.4 Å². The summed E-state index contributed by atoms with van der Waals surface area (Å²) in [6.45, 7) is 1.28. The number of carbonyl (C=O) groups is 1. The second kappa shape index (κ2) is 5.38. The number of aliphatic carboxylic acids is 1. The minimum Gasteiger partial charge on any atom is -0.497 e. The second-order valence-corrected chi connectivity index (χ2v) is 3.86. The maximum absolute atomic E-state index is 12.9. The van der Waals surface area contributed by atoms with Gasteiger partial charge in [0, 0.05) is 5.56 Å². The molecule has 0 aromatic heterocycles. The maximum Gasteiger partial charge on any atom is 0.420 e. The van der Waals surface area contributed by atoms with Gasteiger partial charge in [0.25, 0.3) is 0 Å². The first kappa shape index (κ1) is 15.1. The topological polar surface area (TPSA) is 55.8 Å². The minimum atomic E-state index is -4.66. The number of benzene rings is 1. The van der Waals surface area contributed by atoms with E-state index in [1.165, 1.54) is 20.1 Å². The molecule has 0 radical (unpaired) electrons. The van der Waals surface area contributed by atoms with Gasteiger partial charge in [0.05, 0.1) is 20.1 Å². The quantitative estimate of drug-likeness (QED) is 0.920. The van der Waals surface area contributed by atoms with E-state index in [-0.39, 0.29) is 11.3 Å². The smallest absolute Gasteiger partial charge is 0.420 e. The van der Waals surface area contributed by atoms with Crippen LogP contribution in [0, 0.1) is 0 Å². The molecule has 19 heavy (non-hydrogen) atoms. The summed E-state index contributed by atoms with van der Waals surface area (Å²) in [4.78, 5) is 11.0. The Kier molecular flexibility index (Phi) is 4.28. The molecule has 0 aliphatic heterocycles. The third-order valence-corrected chi connectivity index (χ3v) is 2.67. The Morgan fingerprint density at radius 2 is 1.84 bits per heavy atom. The summed E-state index contributed by atoms with van der Waals surface area (Å²) >= 11 is 0. The van der Waals surface area contributed by atoms with Crippen LogP contribution in [0.1, 0.15) is 24.0 Å². The molecule has 0 amide bonds. The molecule has 1 atom stereocenters. The molecule has 0 saturated carbocycles. The largest absolute Gasteiger partial charge is 0.497 e. The lowest BCUT2D eigenvalue weighted by Gasteiger charge is -2.19. The normalized spacial score (nSPS) is 12.9.